The number of aromatic nitrogens is 1. The third-order valence-corrected chi connectivity index (χ3v) is 2.17. The Kier molecular flexibility index (Phi) is 4.10. The highest BCUT2D eigenvalue weighted by atomic mass is 16.2. The number of anilines is 1. The van der Waals surface area contributed by atoms with Gasteiger partial charge in [0.1, 0.15) is 6.04 Å². The number of carbonyl (C=O) groups is 1. The summed E-state index contributed by atoms with van der Waals surface area (Å²) in [5, 5.41) is 6.09. The van der Waals surface area contributed by atoms with E-state index in [-0.39, 0.29) is 17.5 Å². The van der Waals surface area contributed by atoms with Crippen LogP contribution in [0.4, 0.5) is 5.69 Å². The number of pyridine rings is 1. The van der Waals surface area contributed by atoms with Gasteiger partial charge in [-0.15, -0.1) is 0 Å². The molecule has 0 spiro atoms. The predicted octanol–water partition coefficient (Wildman–Crippen LogP) is 2.11. The van der Waals surface area contributed by atoms with E-state index in [1.807, 2.05) is 46.8 Å². The first kappa shape index (κ1) is 13.5. The zero-order chi connectivity index (χ0) is 13.1. The minimum atomic E-state index is -0.268. The Morgan fingerprint density at radius 3 is 2.59 bits per heavy atom. The molecular weight excluding hydrogens is 214 g/mol. The van der Waals surface area contributed by atoms with Gasteiger partial charge in [0.2, 0.25) is 5.91 Å². The summed E-state index contributed by atoms with van der Waals surface area (Å²) in [7, 11) is 0. The van der Waals surface area contributed by atoms with Crippen molar-refractivity contribution in [1.29, 1.82) is 0 Å². The third kappa shape index (κ3) is 4.85. The monoisotopic (exact) mass is 235 g/mol. The Morgan fingerprint density at radius 2 is 2.06 bits per heavy atom. The summed E-state index contributed by atoms with van der Waals surface area (Å²) in [5.74, 6) is -0.00744. The first-order valence-corrected chi connectivity index (χ1v) is 5.79. The summed E-state index contributed by atoms with van der Waals surface area (Å²) in [6.07, 6.45) is 1.73. The van der Waals surface area contributed by atoms with E-state index >= 15 is 0 Å². The molecule has 1 unspecified atom stereocenters. The predicted molar refractivity (Wildman–Crippen MR) is 70.0 cm³/mol. The minimum absolute atomic E-state index is 0.00744. The van der Waals surface area contributed by atoms with Gasteiger partial charge in [0.15, 0.2) is 0 Å². The van der Waals surface area contributed by atoms with Crippen molar-refractivity contribution in [3.63, 3.8) is 0 Å². The van der Waals surface area contributed by atoms with Gasteiger partial charge < -0.3 is 10.6 Å². The number of aryl methyl sites for hydroxylation is 1. The van der Waals surface area contributed by atoms with Crippen LogP contribution < -0.4 is 10.6 Å². The van der Waals surface area contributed by atoms with E-state index in [0.717, 1.165) is 11.4 Å². The van der Waals surface area contributed by atoms with Gasteiger partial charge in [-0.25, -0.2) is 0 Å². The van der Waals surface area contributed by atoms with Crippen molar-refractivity contribution in [1.82, 2.24) is 10.3 Å². The molecule has 4 nitrogen and oxygen atoms in total. The van der Waals surface area contributed by atoms with Gasteiger partial charge in [0.25, 0.3) is 0 Å². The first-order valence-electron chi connectivity index (χ1n) is 5.79. The summed E-state index contributed by atoms with van der Waals surface area (Å²) < 4.78 is 0. The van der Waals surface area contributed by atoms with Crippen LogP contribution in [0.25, 0.3) is 0 Å². The number of nitrogens with one attached hydrogen (secondary N) is 2. The molecule has 0 fully saturated rings. The third-order valence-electron chi connectivity index (χ3n) is 2.17. The maximum atomic E-state index is 11.9. The smallest absolute Gasteiger partial charge is 0.242 e. The molecule has 1 amide bonds. The van der Waals surface area contributed by atoms with Gasteiger partial charge in [-0.3, -0.25) is 9.78 Å². The second-order valence-corrected chi connectivity index (χ2v) is 5.29. The molecular formula is C13H21N3O. The zero-order valence-electron chi connectivity index (χ0n) is 11.2. The van der Waals surface area contributed by atoms with E-state index in [1.165, 1.54) is 0 Å². The van der Waals surface area contributed by atoms with Crippen molar-refractivity contribution in [2.24, 2.45) is 0 Å². The van der Waals surface area contributed by atoms with Crippen LogP contribution >= 0.6 is 0 Å². The van der Waals surface area contributed by atoms with Crippen LogP contribution in [0.2, 0.25) is 0 Å². The van der Waals surface area contributed by atoms with Crippen LogP contribution in [-0.4, -0.2) is 22.5 Å². The van der Waals surface area contributed by atoms with E-state index in [1.54, 1.807) is 6.20 Å². The lowest BCUT2D eigenvalue weighted by Gasteiger charge is -2.24. The summed E-state index contributed by atoms with van der Waals surface area (Å²) >= 11 is 0. The largest absolute Gasteiger partial charge is 0.374 e. The Labute approximate surface area is 103 Å². The summed E-state index contributed by atoms with van der Waals surface area (Å²) in [6, 6.07) is 3.50. The van der Waals surface area contributed by atoms with Crippen LogP contribution in [0.15, 0.2) is 18.3 Å². The van der Waals surface area contributed by atoms with Crippen molar-refractivity contribution in [2.45, 2.75) is 46.2 Å². The molecule has 0 bridgehead atoms. The SMILES string of the molecule is Cc1cc(NC(C)C(=O)NC(C)(C)C)ccn1. The molecule has 0 saturated carbocycles. The molecule has 4 heteroatoms. The van der Waals surface area contributed by atoms with E-state index in [9.17, 15) is 4.79 Å². The van der Waals surface area contributed by atoms with Gasteiger partial charge in [-0.2, -0.15) is 0 Å². The van der Waals surface area contributed by atoms with E-state index in [2.05, 4.69) is 15.6 Å². The minimum Gasteiger partial charge on any atom is -0.374 e. The van der Waals surface area contributed by atoms with Crippen molar-refractivity contribution >= 4 is 11.6 Å². The summed E-state index contributed by atoms with van der Waals surface area (Å²) in [5.41, 5.74) is 1.63. The molecule has 1 rings (SSSR count). The van der Waals surface area contributed by atoms with Crippen LogP contribution in [0.5, 0.6) is 0 Å². The highest BCUT2D eigenvalue weighted by Gasteiger charge is 2.18. The van der Waals surface area contributed by atoms with Crippen molar-refractivity contribution in [3.8, 4) is 0 Å². The molecule has 94 valence electrons. The summed E-state index contributed by atoms with van der Waals surface area (Å²) in [4.78, 5) is 16.0. The standard InChI is InChI=1S/C13H21N3O/c1-9-8-11(6-7-14-9)15-10(2)12(17)16-13(3,4)5/h6-8,10H,1-5H3,(H,14,15)(H,16,17). The number of nitrogens with zero attached hydrogens (tertiary/aromatic N) is 1. The normalized spacial score (nSPS) is 13.0. The molecule has 0 aromatic carbocycles. The number of amides is 1. The Morgan fingerprint density at radius 1 is 1.41 bits per heavy atom. The molecule has 17 heavy (non-hydrogen) atoms. The second-order valence-electron chi connectivity index (χ2n) is 5.29. The van der Waals surface area contributed by atoms with Crippen LogP contribution in [0, 0.1) is 6.92 Å². The molecule has 2 N–H and O–H groups in total. The van der Waals surface area contributed by atoms with E-state index < -0.39 is 0 Å². The Hall–Kier alpha value is -1.58. The number of hydrogen-bond donors (Lipinski definition) is 2. The maximum absolute atomic E-state index is 11.9. The fourth-order valence-electron chi connectivity index (χ4n) is 1.43. The fourth-order valence-corrected chi connectivity index (χ4v) is 1.43. The van der Waals surface area contributed by atoms with Crippen LogP contribution in [0.1, 0.15) is 33.4 Å². The quantitative estimate of drug-likeness (QED) is 0.843. The number of rotatable bonds is 3. The number of hydrogen-bond acceptors (Lipinski definition) is 3. The molecule has 0 radical (unpaired) electrons. The summed E-state index contributed by atoms with van der Waals surface area (Å²) in [6.45, 7) is 9.67. The lowest BCUT2D eigenvalue weighted by Crippen LogP contribution is -2.47. The van der Waals surface area contributed by atoms with Crippen molar-refractivity contribution in [3.05, 3.63) is 24.0 Å². The van der Waals surface area contributed by atoms with Gasteiger partial charge in [-0.05, 0) is 46.8 Å². The molecule has 0 aliphatic heterocycles. The van der Waals surface area contributed by atoms with Gasteiger partial charge >= 0.3 is 0 Å². The molecule has 1 atom stereocenters. The fraction of sp³-hybridized carbons (Fsp3) is 0.538. The lowest BCUT2D eigenvalue weighted by molar-refractivity contribution is -0.122. The van der Waals surface area contributed by atoms with E-state index in [0.29, 0.717) is 0 Å². The average Bonchev–Trinajstić information content (AvgIpc) is 2.14. The molecule has 0 aliphatic rings. The van der Waals surface area contributed by atoms with Gasteiger partial charge in [0.05, 0.1) is 0 Å². The van der Waals surface area contributed by atoms with Gasteiger partial charge in [-0.1, -0.05) is 0 Å². The molecule has 0 saturated heterocycles. The molecule has 1 aromatic heterocycles. The average molecular weight is 235 g/mol. The molecule has 0 aliphatic carbocycles. The number of carbonyl (C=O) groups excluding carboxylic acids is 1. The van der Waals surface area contributed by atoms with Crippen LogP contribution in [-0.2, 0) is 4.79 Å². The Balaban J connectivity index is 2.60. The van der Waals surface area contributed by atoms with Crippen molar-refractivity contribution < 1.29 is 4.79 Å². The van der Waals surface area contributed by atoms with Crippen LogP contribution in [0.3, 0.4) is 0 Å². The Bertz CT molecular complexity index is 396. The lowest BCUT2D eigenvalue weighted by atomic mass is 10.1. The highest BCUT2D eigenvalue weighted by Crippen LogP contribution is 2.09. The van der Waals surface area contributed by atoms with E-state index in [4.69, 9.17) is 0 Å². The first-order chi connectivity index (χ1) is 7.78. The molecule has 1 heterocycles. The topological polar surface area (TPSA) is 54.0 Å². The zero-order valence-corrected chi connectivity index (χ0v) is 11.2. The van der Waals surface area contributed by atoms with Crippen molar-refractivity contribution in [2.75, 3.05) is 5.32 Å². The molecule has 1 aromatic rings. The maximum Gasteiger partial charge on any atom is 0.242 e. The second kappa shape index (κ2) is 5.17. The van der Waals surface area contributed by atoms with Gasteiger partial charge in [0, 0.05) is 23.1 Å². The highest BCUT2D eigenvalue weighted by molar-refractivity contribution is 5.84.